The van der Waals surface area contributed by atoms with Crippen molar-refractivity contribution in [2.75, 3.05) is 17.7 Å². The number of ether oxygens (including phenoxy) is 1. The SMILES string of the molecule is CCOc1ccc(NC(=O)Cn2nnc(-c3nc(-c4ccc(F)cc4)no3)c2N)cc1. The molecule has 0 spiro atoms. The van der Waals surface area contributed by atoms with Crippen LogP contribution in [0.1, 0.15) is 6.92 Å². The number of rotatable bonds is 7. The van der Waals surface area contributed by atoms with Gasteiger partial charge in [0.15, 0.2) is 11.5 Å². The lowest BCUT2D eigenvalue weighted by Crippen LogP contribution is -2.20. The number of amides is 1. The minimum atomic E-state index is -0.372. The molecule has 0 aliphatic carbocycles. The summed E-state index contributed by atoms with van der Waals surface area (Å²) in [6.45, 7) is 2.29. The van der Waals surface area contributed by atoms with E-state index in [1.54, 1.807) is 24.3 Å². The zero-order chi connectivity index (χ0) is 21.8. The number of benzene rings is 2. The van der Waals surface area contributed by atoms with Gasteiger partial charge in [-0.2, -0.15) is 4.98 Å². The van der Waals surface area contributed by atoms with Crippen LogP contribution in [0.15, 0.2) is 53.1 Å². The maximum atomic E-state index is 13.1. The third-order valence-corrected chi connectivity index (χ3v) is 4.25. The number of halogens is 1. The predicted octanol–water partition coefficient (Wildman–Crippen LogP) is 2.75. The maximum absolute atomic E-state index is 13.1. The summed E-state index contributed by atoms with van der Waals surface area (Å²) in [5.74, 6) is 0.376. The highest BCUT2D eigenvalue weighted by atomic mass is 19.1. The van der Waals surface area contributed by atoms with Gasteiger partial charge in [0.1, 0.15) is 18.1 Å². The molecule has 4 aromatic rings. The van der Waals surface area contributed by atoms with Crippen molar-refractivity contribution in [1.82, 2.24) is 25.1 Å². The number of nitrogen functional groups attached to an aromatic ring is 1. The fraction of sp³-hybridized carbons (Fsp3) is 0.150. The van der Waals surface area contributed by atoms with Crippen molar-refractivity contribution >= 4 is 17.4 Å². The van der Waals surface area contributed by atoms with Gasteiger partial charge < -0.3 is 20.3 Å². The van der Waals surface area contributed by atoms with E-state index in [-0.39, 0.29) is 41.5 Å². The van der Waals surface area contributed by atoms with Crippen LogP contribution >= 0.6 is 0 Å². The Morgan fingerprint density at radius 2 is 1.94 bits per heavy atom. The smallest absolute Gasteiger partial charge is 0.282 e. The number of nitrogens with zero attached hydrogens (tertiary/aromatic N) is 5. The molecule has 11 heteroatoms. The average Bonchev–Trinajstić information content (AvgIpc) is 3.38. The second kappa shape index (κ2) is 8.61. The number of hydrogen-bond acceptors (Lipinski definition) is 8. The van der Waals surface area contributed by atoms with Crippen LogP contribution in [0.3, 0.4) is 0 Å². The van der Waals surface area contributed by atoms with Crippen LogP contribution in [0.5, 0.6) is 5.75 Å². The van der Waals surface area contributed by atoms with E-state index in [0.717, 1.165) is 0 Å². The van der Waals surface area contributed by atoms with E-state index in [1.165, 1.54) is 28.9 Å². The first-order valence-electron chi connectivity index (χ1n) is 9.35. The molecule has 31 heavy (non-hydrogen) atoms. The minimum absolute atomic E-state index is 0.0370. The molecule has 10 nitrogen and oxygen atoms in total. The van der Waals surface area contributed by atoms with Gasteiger partial charge in [0.2, 0.25) is 11.7 Å². The van der Waals surface area contributed by atoms with Crippen molar-refractivity contribution in [3.63, 3.8) is 0 Å². The van der Waals surface area contributed by atoms with E-state index in [4.69, 9.17) is 15.0 Å². The maximum Gasteiger partial charge on any atom is 0.282 e. The number of hydrogen-bond donors (Lipinski definition) is 2. The molecular weight excluding hydrogens is 405 g/mol. The van der Waals surface area contributed by atoms with Gasteiger partial charge in [-0.05, 0) is 55.5 Å². The van der Waals surface area contributed by atoms with Crippen molar-refractivity contribution < 1.29 is 18.4 Å². The second-order valence-corrected chi connectivity index (χ2v) is 6.42. The van der Waals surface area contributed by atoms with Gasteiger partial charge in [-0.25, -0.2) is 9.07 Å². The Balaban J connectivity index is 1.44. The van der Waals surface area contributed by atoms with Crippen LogP contribution in [-0.4, -0.2) is 37.6 Å². The van der Waals surface area contributed by atoms with Gasteiger partial charge in [-0.1, -0.05) is 10.4 Å². The molecule has 4 rings (SSSR count). The van der Waals surface area contributed by atoms with Gasteiger partial charge in [-0.3, -0.25) is 4.79 Å². The molecule has 0 aliphatic heterocycles. The third-order valence-electron chi connectivity index (χ3n) is 4.25. The Morgan fingerprint density at radius 1 is 1.19 bits per heavy atom. The summed E-state index contributed by atoms with van der Waals surface area (Å²) in [6.07, 6.45) is 0. The number of nitrogens with two attached hydrogens (primary N) is 1. The number of carbonyl (C=O) groups excluding carboxylic acids is 1. The Bertz CT molecular complexity index is 1190. The van der Waals surface area contributed by atoms with Crippen LogP contribution in [-0.2, 0) is 11.3 Å². The van der Waals surface area contributed by atoms with Gasteiger partial charge in [0.25, 0.3) is 5.89 Å². The number of nitrogens with one attached hydrogen (secondary N) is 1. The highest BCUT2D eigenvalue weighted by Crippen LogP contribution is 2.25. The summed E-state index contributed by atoms with van der Waals surface area (Å²) in [5, 5.41) is 14.4. The molecule has 2 heterocycles. The Labute approximate surface area is 175 Å². The van der Waals surface area contributed by atoms with E-state index in [2.05, 4.69) is 25.8 Å². The molecule has 3 N–H and O–H groups in total. The number of anilines is 2. The van der Waals surface area contributed by atoms with Crippen molar-refractivity contribution in [2.45, 2.75) is 13.5 Å². The first-order valence-corrected chi connectivity index (χ1v) is 9.35. The fourth-order valence-corrected chi connectivity index (χ4v) is 2.76. The topological polar surface area (TPSA) is 134 Å². The summed E-state index contributed by atoms with van der Waals surface area (Å²) in [6, 6.07) is 12.6. The molecule has 0 aliphatic rings. The third kappa shape index (κ3) is 4.50. The largest absolute Gasteiger partial charge is 0.494 e. The molecule has 2 aromatic heterocycles. The van der Waals surface area contributed by atoms with E-state index in [1.807, 2.05) is 6.92 Å². The molecule has 0 radical (unpaired) electrons. The Kier molecular flexibility index (Phi) is 5.56. The van der Waals surface area contributed by atoms with Crippen molar-refractivity contribution in [1.29, 1.82) is 0 Å². The molecule has 0 fully saturated rings. The van der Waals surface area contributed by atoms with Gasteiger partial charge in [0, 0.05) is 11.3 Å². The fourth-order valence-electron chi connectivity index (χ4n) is 2.76. The lowest BCUT2D eigenvalue weighted by molar-refractivity contribution is -0.116. The van der Waals surface area contributed by atoms with Crippen molar-refractivity contribution in [3.05, 3.63) is 54.3 Å². The first kappa shape index (κ1) is 20.0. The molecule has 158 valence electrons. The molecule has 0 unspecified atom stereocenters. The lowest BCUT2D eigenvalue weighted by Gasteiger charge is -2.07. The van der Waals surface area contributed by atoms with Crippen LogP contribution in [0.25, 0.3) is 23.0 Å². The quantitative estimate of drug-likeness (QED) is 0.463. The highest BCUT2D eigenvalue weighted by Gasteiger charge is 2.20. The zero-order valence-electron chi connectivity index (χ0n) is 16.4. The molecule has 0 saturated carbocycles. The summed E-state index contributed by atoms with van der Waals surface area (Å²) >= 11 is 0. The summed E-state index contributed by atoms with van der Waals surface area (Å²) in [7, 11) is 0. The second-order valence-electron chi connectivity index (χ2n) is 6.42. The summed E-state index contributed by atoms with van der Waals surface area (Å²) < 4.78 is 24.9. The summed E-state index contributed by atoms with van der Waals surface area (Å²) in [4.78, 5) is 16.6. The Morgan fingerprint density at radius 3 is 2.65 bits per heavy atom. The van der Waals surface area contributed by atoms with E-state index in [9.17, 15) is 9.18 Å². The zero-order valence-corrected chi connectivity index (χ0v) is 16.4. The normalized spacial score (nSPS) is 10.8. The van der Waals surface area contributed by atoms with E-state index >= 15 is 0 Å². The first-order chi connectivity index (χ1) is 15.0. The number of carbonyl (C=O) groups is 1. The van der Waals surface area contributed by atoms with Crippen LogP contribution in [0.4, 0.5) is 15.9 Å². The predicted molar refractivity (Wildman–Crippen MR) is 109 cm³/mol. The molecule has 0 saturated heterocycles. The van der Waals surface area contributed by atoms with E-state index in [0.29, 0.717) is 23.6 Å². The highest BCUT2D eigenvalue weighted by molar-refractivity contribution is 5.90. The van der Waals surface area contributed by atoms with Crippen molar-refractivity contribution in [3.8, 4) is 28.7 Å². The van der Waals surface area contributed by atoms with Crippen LogP contribution in [0.2, 0.25) is 0 Å². The average molecular weight is 423 g/mol. The molecular formula is C20H18FN7O3. The lowest BCUT2D eigenvalue weighted by atomic mass is 10.2. The Hall–Kier alpha value is -4.28. The van der Waals surface area contributed by atoms with Gasteiger partial charge >= 0.3 is 0 Å². The standard InChI is InChI=1S/C20H18FN7O3/c1-2-30-15-9-7-14(8-10-15)23-16(29)11-28-18(22)17(25-27-28)20-24-19(26-31-20)12-3-5-13(21)6-4-12/h3-10H,2,11,22H2,1H3,(H,23,29). The molecule has 2 aromatic carbocycles. The van der Waals surface area contributed by atoms with Crippen molar-refractivity contribution in [2.24, 2.45) is 0 Å². The van der Waals surface area contributed by atoms with Gasteiger partial charge in [-0.15, -0.1) is 5.10 Å². The molecule has 1 amide bonds. The van der Waals surface area contributed by atoms with E-state index < -0.39 is 0 Å². The molecule has 0 atom stereocenters. The monoisotopic (exact) mass is 423 g/mol. The van der Waals surface area contributed by atoms with Crippen LogP contribution in [0, 0.1) is 5.82 Å². The van der Waals surface area contributed by atoms with Crippen LogP contribution < -0.4 is 15.8 Å². The number of aromatic nitrogens is 5. The minimum Gasteiger partial charge on any atom is -0.494 e. The summed E-state index contributed by atoms with van der Waals surface area (Å²) in [5.41, 5.74) is 7.38. The molecule has 0 bridgehead atoms. The van der Waals surface area contributed by atoms with Gasteiger partial charge in [0.05, 0.1) is 6.61 Å².